The van der Waals surface area contributed by atoms with Crippen LogP contribution in [0.25, 0.3) is 0 Å². The minimum Gasteiger partial charge on any atom is -0.385 e. The molecule has 0 aliphatic carbocycles. The number of rotatable bonds is 11. The smallest absolute Gasteiger partial charge is 0.220 e. The Balaban J connectivity index is 1.20. The van der Waals surface area contributed by atoms with Crippen molar-refractivity contribution in [2.24, 2.45) is 15.7 Å². The van der Waals surface area contributed by atoms with E-state index in [1.54, 1.807) is 0 Å². The fraction of sp³-hybridized carbons (Fsp3) is 0.344. The lowest BCUT2D eigenvalue weighted by Gasteiger charge is -2.33. The Kier molecular flexibility index (Phi) is 8.17. The third kappa shape index (κ3) is 5.96. The summed E-state index contributed by atoms with van der Waals surface area (Å²) >= 11 is 0. The van der Waals surface area contributed by atoms with Crippen molar-refractivity contribution in [3.05, 3.63) is 101 Å². The van der Waals surface area contributed by atoms with Gasteiger partial charge in [0, 0.05) is 31.5 Å². The average molecular weight is 508 g/mol. The molecular formula is C32H37N5O. The summed E-state index contributed by atoms with van der Waals surface area (Å²) in [5, 5.41) is 3.07. The van der Waals surface area contributed by atoms with Gasteiger partial charge < -0.3 is 16.0 Å². The number of aliphatic imine (C=N–C) groups is 2. The number of aryl methyl sites for hydroxylation is 1. The van der Waals surface area contributed by atoms with E-state index in [-0.39, 0.29) is 18.0 Å². The molecule has 0 saturated heterocycles. The van der Waals surface area contributed by atoms with Gasteiger partial charge in [-0.3, -0.25) is 9.79 Å². The van der Waals surface area contributed by atoms with E-state index in [1.165, 1.54) is 16.7 Å². The molecule has 38 heavy (non-hydrogen) atoms. The Morgan fingerprint density at radius 3 is 2.42 bits per heavy atom. The van der Waals surface area contributed by atoms with E-state index in [0.29, 0.717) is 18.8 Å². The highest BCUT2D eigenvalue weighted by Gasteiger charge is 2.42. The van der Waals surface area contributed by atoms with E-state index >= 15 is 0 Å². The first-order chi connectivity index (χ1) is 18.6. The number of hydrogen-bond donors (Lipinski definition) is 2. The van der Waals surface area contributed by atoms with Crippen LogP contribution in [0.4, 0.5) is 5.69 Å². The van der Waals surface area contributed by atoms with Gasteiger partial charge in [-0.1, -0.05) is 86.1 Å². The molecule has 2 aliphatic rings. The van der Waals surface area contributed by atoms with Crippen molar-refractivity contribution < 1.29 is 4.79 Å². The Morgan fingerprint density at radius 2 is 1.63 bits per heavy atom. The highest BCUT2D eigenvalue weighted by Crippen LogP contribution is 2.42. The summed E-state index contributed by atoms with van der Waals surface area (Å²) < 4.78 is 0. The molecular weight excluding hydrogens is 470 g/mol. The average Bonchev–Trinajstić information content (AvgIpc) is 3.31. The fourth-order valence-corrected chi connectivity index (χ4v) is 5.33. The molecule has 0 bridgehead atoms. The standard InChI is InChI=1S/C32H37N5O/c1-2-3-15-28-36-30-31(26-13-7-8-14-27(26)35-32(30)33)37(28)22-25-19-17-24(18-20-25)21-34-29(38)16-9-12-23-10-5-4-6-11-23/h4-8,10-11,13-14,17-20,30-31H,2-3,9,12,15-16,21-22H2,1H3,(H2,33,35)(H,34,38). The molecule has 0 saturated carbocycles. The quantitative estimate of drug-likeness (QED) is 0.342. The molecule has 0 fully saturated rings. The number of benzene rings is 3. The van der Waals surface area contributed by atoms with Crippen molar-refractivity contribution in [2.45, 2.75) is 70.6 Å². The Labute approximate surface area is 225 Å². The lowest BCUT2D eigenvalue weighted by molar-refractivity contribution is -0.121. The van der Waals surface area contributed by atoms with E-state index < -0.39 is 0 Å². The van der Waals surface area contributed by atoms with Crippen molar-refractivity contribution in [1.29, 1.82) is 0 Å². The number of nitrogens with one attached hydrogen (secondary N) is 1. The Bertz CT molecular complexity index is 1300. The van der Waals surface area contributed by atoms with Crippen LogP contribution in [0.1, 0.15) is 67.3 Å². The Hall–Kier alpha value is -3.93. The molecule has 6 nitrogen and oxygen atoms in total. The molecule has 3 aromatic rings. The minimum atomic E-state index is -0.131. The third-order valence-electron chi connectivity index (χ3n) is 7.39. The highest BCUT2D eigenvalue weighted by atomic mass is 16.1. The highest BCUT2D eigenvalue weighted by molar-refractivity contribution is 5.98. The van der Waals surface area contributed by atoms with Crippen LogP contribution >= 0.6 is 0 Å². The molecule has 0 aromatic heterocycles. The number of nitrogens with zero attached hydrogens (tertiary/aromatic N) is 3. The molecule has 2 heterocycles. The first-order valence-electron chi connectivity index (χ1n) is 13.8. The zero-order chi connectivity index (χ0) is 26.3. The number of nitrogens with two attached hydrogens (primary N) is 1. The zero-order valence-electron chi connectivity index (χ0n) is 22.1. The molecule has 2 unspecified atom stereocenters. The van der Waals surface area contributed by atoms with Gasteiger partial charge in [0.25, 0.3) is 0 Å². The summed E-state index contributed by atoms with van der Waals surface area (Å²) in [6.45, 7) is 3.51. The van der Waals surface area contributed by atoms with Crippen molar-refractivity contribution in [2.75, 3.05) is 0 Å². The molecule has 3 N–H and O–H groups in total. The number of carbonyl (C=O) groups is 1. The second kappa shape index (κ2) is 12.1. The van der Waals surface area contributed by atoms with Crippen LogP contribution in [0.3, 0.4) is 0 Å². The number of carbonyl (C=O) groups excluding carboxylic acids is 1. The monoisotopic (exact) mass is 507 g/mol. The summed E-state index contributed by atoms with van der Waals surface area (Å²) in [6.07, 6.45) is 5.47. The predicted octanol–water partition coefficient (Wildman–Crippen LogP) is 5.84. The predicted molar refractivity (Wildman–Crippen MR) is 154 cm³/mol. The second-order valence-electron chi connectivity index (χ2n) is 10.2. The number of hydrogen-bond acceptors (Lipinski definition) is 5. The number of fused-ring (bicyclic) bond motifs is 3. The summed E-state index contributed by atoms with van der Waals surface area (Å²) in [5.41, 5.74) is 12.1. The van der Waals surface area contributed by atoms with Gasteiger partial charge in [-0.25, -0.2) is 4.99 Å². The van der Waals surface area contributed by atoms with Gasteiger partial charge in [0.2, 0.25) is 5.91 Å². The van der Waals surface area contributed by atoms with Crippen LogP contribution in [-0.4, -0.2) is 28.5 Å². The van der Waals surface area contributed by atoms with Crippen molar-refractivity contribution >= 4 is 23.3 Å². The molecule has 196 valence electrons. The zero-order valence-corrected chi connectivity index (χ0v) is 22.1. The molecule has 0 radical (unpaired) electrons. The van der Waals surface area contributed by atoms with Gasteiger partial charge in [0.15, 0.2) is 0 Å². The van der Waals surface area contributed by atoms with Crippen LogP contribution in [-0.2, 0) is 24.3 Å². The maximum absolute atomic E-state index is 12.3. The largest absolute Gasteiger partial charge is 0.385 e. The summed E-state index contributed by atoms with van der Waals surface area (Å²) in [5.74, 6) is 1.81. The van der Waals surface area contributed by atoms with E-state index in [0.717, 1.165) is 55.7 Å². The molecule has 3 aromatic carbocycles. The third-order valence-corrected chi connectivity index (χ3v) is 7.39. The molecule has 0 spiro atoms. The SMILES string of the molecule is CCCCC1=NC2C(N)=Nc3ccccc3C2N1Cc1ccc(CNC(=O)CCCc2ccccc2)cc1. The van der Waals surface area contributed by atoms with Gasteiger partial charge in [0.1, 0.15) is 17.7 Å². The summed E-state index contributed by atoms with van der Waals surface area (Å²) in [7, 11) is 0. The van der Waals surface area contributed by atoms with Gasteiger partial charge in [-0.15, -0.1) is 0 Å². The van der Waals surface area contributed by atoms with Gasteiger partial charge in [-0.2, -0.15) is 0 Å². The molecule has 2 atom stereocenters. The van der Waals surface area contributed by atoms with Crippen LogP contribution in [0.2, 0.25) is 0 Å². The first kappa shape index (κ1) is 25.7. The number of amidine groups is 2. The number of amides is 1. The Morgan fingerprint density at radius 1 is 0.895 bits per heavy atom. The van der Waals surface area contributed by atoms with Crippen LogP contribution in [0.5, 0.6) is 0 Å². The fourth-order valence-electron chi connectivity index (χ4n) is 5.33. The summed E-state index contributed by atoms with van der Waals surface area (Å²) in [4.78, 5) is 24.5. The second-order valence-corrected chi connectivity index (χ2v) is 10.2. The number of para-hydroxylation sites is 1. The first-order valence-corrected chi connectivity index (χ1v) is 13.8. The topological polar surface area (TPSA) is 83.1 Å². The molecule has 1 amide bonds. The van der Waals surface area contributed by atoms with Crippen molar-refractivity contribution in [3.8, 4) is 0 Å². The normalized spacial score (nSPS) is 17.9. The molecule has 2 aliphatic heterocycles. The van der Waals surface area contributed by atoms with E-state index in [4.69, 9.17) is 10.7 Å². The van der Waals surface area contributed by atoms with Gasteiger partial charge in [0.05, 0.1) is 11.7 Å². The van der Waals surface area contributed by atoms with Gasteiger partial charge >= 0.3 is 0 Å². The maximum Gasteiger partial charge on any atom is 0.220 e. The molecule has 6 heteroatoms. The van der Waals surface area contributed by atoms with Gasteiger partial charge in [-0.05, 0) is 42.0 Å². The number of unbranched alkanes of at least 4 members (excludes halogenated alkanes) is 1. The van der Waals surface area contributed by atoms with E-state index in [1.807, 2.05) is 30.3 Å². The molecule has 5 rings (SSSR count). The van der Waals surface area contributed by atoms with E-state index in [2.05, 4.69) is 70.7 Å². The summed E-state index contributed by atoms with van der Waals surface area (Å²) in [6, 6.07) is 27.1. The lowest BCUT2D eigenvalue weighted by atomic mass is 9.93. The van der Waals surface area contributed by atoms with Crippen LogP contribution in [0.15, 0.2) is 88.8 Å². The van der Waals surface area contributed by atoms with Crippen LogP contribution in [0, 0.1) is 0 Å². The minimum absolute atomic E-state index is 0.0745. The van der Waals surface area contributed by atoms with Crippen molar-refractivity contribution in [3.63, 3.8) is 0 Å². The van der Waals surface area contributed by atoms with E-state index in [9.17, 15) is 4.79 Å². The van der Waals surface area contributed by atoms with Crippen molar-refractivity contribution in [1.82, 2.24) is 10.2 Å². The maximum atomic E-state index is 12.3. The lowest BCUT2D eigenvalue weighted by Crippen LogP contribution is -2.39. The van der Waals surface area contributed by atoms with Crippen LogP contribution < -0.4 is 11.1 Å².